The van der Waals surface area contributed by atoms with Gasteiger partial charge in [0.2, 0.25) is 5.91 Å². The molecule has 0 saturated carbocycles. The molecule has 1 heterocycles. The van der Waals surface area contributed by atoms with Crippen LogP contribution >= 0.6 is 0 Å². The van der Waals surface area contributed by atoms with E-state index in [0.717, 1.165) is 0 Å². The Morgan fingerprint density at radius 2 is 2.29 bits per heavy atom. The summed E-state index contributed by atoms with van der Waals surface area (Å²) >= 11 is 0. The fourth-order valence-corrected chi connectivity index (χ4v) is 1.02. The first kappa shape index (κ1) is 10.6. The van der Waals surface area contributed by atoms with Crippen LogP contribution in [0.25, 0.3) is 0 Å². The van der Waals surface area contributed by atoms with Crippen molar-refractivity contribution in [2.24, 2.45) is 5.73 Å². The monoisotopic (exact) mass is 197 g/mol. The molecule has 2 unspecified atom stereocenters. The molecule has 1 rings (SSSR count). The zero-order valence-electron chi connectivity index (χ0n) is 8.56. The van der Waals surface area contributed by atoms with Crippen LogP contribution in [-0.2, 0) is 4.79 Å². The average molecular weight is 197 g/mol. The Morgan fingerprint density at radius 1 is 1.64 bits per heavy atom. The zero-order valence-corrected chi connectivity index (χ0v) is 8.56. The smallest absolute Gasteiger partial charge is 0.244 e. The van der Waals surface area contributed by atoms with Gasteiger partial charge in [-0.1, -0.05) is 5.21 Å². The minimum Gasteiger partial charge on any atom is -0.357 e. The first-order valence-electron chi connectivity index (χ1n) is 4.45. The molecule has 0 aliphatic heterocycles. The Morgan fingerprint density at radius 3 is 2.71 bits per heavy atom. The lowest BCUT2D eigenvalue weighted by molar-refractivity contribution is -0.123. The largest absolute Gasteiger partial charge is 0.357 e. The maximum absolute atomic E-state index is 11.3. The molecule has 1 amide bonds. The first-order valence-corrected chi connectivity index (χ1v) is 4.45. The number of hydrogen-bond acceptors (Lipinski definition) is 4. The van der Waals surface area contributed by atoms with E-state index in [1.807, 2.05) is 6.92 Å². The highest BCUT2D eigenvalue weighted by Crippen LogP contribution is 2.08. The highest BCUT2D eigenvalue weighted by atomic mass is 16.2. The third kappa shape index (κ3) is 2.08. The van der Waals surface area contributed by atoms with Crippen molar-refractivity contribution in [1.29, 1.82) is 0 Å². The van der Waals surface area contributed by atoms with Gasteiger partial charge in [0.1, 0.15) is 6.04 Å². The third-order valence-corrected chi connectivity index (χ3v) is 2.02. The number of rotatable bonds is 3. The molecular formula is C8H15N5O. The molecule has 14 heavy (non-hydrogen) atoms. The molecule has 3 N–H and O–H groups in total. The highest BCUT2D eigenvalue weighted by molar-refractivity contribution is 5.79. The van der Waals surface area contributed by atoms with Crippen molar-refractivity contribution in [2.75, 3.05) is 7.05 Å². The van der Waals surface area contributed by atoms with Crippen molar-refractivity contribution in [3.63, 3.8) is 0 Å². The molecule has 0 saturated heterocycles. The van der Waals surface area contributed by atoms with Crippen molar-refractivity contribution in [2.45, 2.75) is 25.9 Å². The molecule has 6 heteroatoms. The number of aromatic nitrogens is 3. The van der Waals surface area contributed by atoms with Gasteiger partial charge in [-0.25, -0.2) is 4.68 Å². The second kappa shape index (κ2) is 4.19. The van der Waals surface area contributed by atoms with Crippen LogP contribution in [0.4, 0.5) is 0 Å². The number of nitrogens with zero attached hydrogens (tertiary/aromatic N) is 3. The van der Waals surface area contributed by atoms with Crippen LogP contribution in [0, 0.1) is 0 Å². The lowest BCUT2D eigenvalue weighted by Gasteiger charge is -2.08. The molecule has 0 fully saturated rings. The predicted octanol–water partition coefficient (Wildman–Crippen LogP) is -0.395. The molecule has 0 spiro atoms. The maximum Gasteiger partial charge on any atom is 0.244 e. The Hall–Kier alpha value is -1.43. The molecular weight excluding hydrogens is 182 g/mol. The zero-order chi connectivity index (χ0) is 10.7. The molecule has 1 aromatic heterocycles. The molecule has 2 atom stereocenters. The number of amides is 1. The summed E-state index contributed by atoms with van der Waals surface area (Å²) in [6.45, 7) is 3.57. The third-order valence-electron chi connectivity index (χ3n) is 2.02. The quantitative estimate of drug-likeness (QED) is 0.690. The fourth-order valence-electron chi connectivity index (χ4n) is 1.02. The van der Waals surface area contributed by atoms with Crippen LogP contribution in [0.5, 0.6) is 0 Å². The van der Waals surface area contributed by atoms with E-state index in [-0.39, 0.29) is 18.0 Å². The number of hydrogen-bond donors (Lipinski definition) is 2. The molecule has 0 radical (unpaired) electrons. The van der Waals surface area contributed by atoms with Gasteiger partial charge in [-0.2, -0.15) is 0 Å². The predicted molar refractivity (Wildman–Crippen MR) is 51.4 cm³/mol. The van der Waals surface area contributed by atoms with Crippen LogP contribution in [0.3, 0.4) is 0 Å². The molecule has 0 bridgehead atoms. The molecule has 0 aliphatic rings. The molecule has 6 nitrogen and oxygen atoms in total. The number of nitrogens with one attached hydrogen (secondary N) is 1. The van der Waals surface area contributed by atoms with Crippen LogP contribution in [0.1, 0.15) is 31.6 Å². The van der Waals surface area contributed by atoms with Gasteiger partial charge in [0.15, 0.2) is 0 Å². The van der Waals surface area contributed by atoms with Crippen LogP contribution in [-0.4, -0.2) is 27.9 Å². The van der Waals surface area contributed by atoms with E-state index in [9.17, 15) is 4.79 Å². The van der Waals surface area contributed by atoms with E-state index >= 15 is 0 Å². The minimum atomic E-state index is -0.361. The van der Waals surface area contributed by atoms with Crippen LogP contribution < -0.4 is 11.1 Å². The Balaban J connectivity index is 2.81. The van der Waals surface area contributed by atoms with Gasteiger partial charge < -0.3 is 11.1 Å². The van der Waals surface area contributed by atoms with E-state index in [1.54, 1.807) is 20.2 Å². The van der Waals surface area contributed by atoms with Crippen molar-refractivity contribution in [3.05, 3.63) is 11.9 Å². The number of likely N-dealkylation sites (N-methyl/N-ethyl adjacent to an activating group) is 1. The lowest BCUT2D eigenvalue weighted by Crippen LogP contribution is -2.28. The molecule has 78 valence electrons. The maximum atomic E-state index is 11.3. The van der Waals surface area contributed by atoms with Gasteiger partial charge in [0.25, 0.3) is 0 Å². The summed E-state index contributed by atoms with van der Waals surface area (Å²) in [7, 11) is 1.59. The number of nitrogens with two attached hydrogens (primary N) is 1. The summed E-state index contributed by atoms with van der Waals surface area (Å²) in [4.78, 5) is 11.3. The van der Waals surface area contributed by atoms with Crippen LogP contribution in [0.2, 0.25) is 0 Å². The lowest BCUT2D eigenvalue weighted by atomic mass is 10.3. The van der Waals surface area contributed by atoms with Crippen molar-refractivity contribution < 1.29 is 4.79 Å². The van der Waals surface area contributed by atoms with E-state index < -0.39 is 0 Å². The van der Waals surface area contributed by atoms with Gasteiger partial charge in [0.05, 0.1) is 11.9 Å². The van der Waals surface area contributed by atoms with Crippen molar-refractivity contribution >= 4 is 5.91 Å². The second-order valence-electron chi connectivity index (χ2n) is 3.20. The molecule has 0 aliphatic carbocycles. The first-order chi connectivity index (χ1) is 6.56. The summed E-state index contributed by atoms with van der Waals surface area (Å²) in [5.41, 5.74) is 6.30. The Bertz CT molecular complexity index is 319. The van der Waals surface area contributed by atoms with Gasteiger partial charge in [0, 0.05) is 13.1 Å². The summed E-state index contributed by atoms with van der Waals surface area (Å²) in [6.07, 6.45) is 1.69. The summed E-state index contributed by atoms with van der Waals surface area (Å²) in [6, 6.07) is -0.527. The van der Waals surface area contributed by atoms with E-state index in [0.29, 0.717) is 5.69 Å². The fraction of sp³-hybridized carbons (Fsp3) is 0.625. The summed E-state index contributed by atoms with van der Waals surface area (Å²) in [5.74, 6) is -0.105. The average Bonchev–Trinajstić information content (AvgIpc) is 2.64. The topological polar surface area (TPSA) is 85.8 Å². The number of carbonyl (C=O) groups is 1. The Labute approximate surface area is 82.5 Å². The van der Waals surface area contributed by atoms with Gasteiger partial charge in [-0.05, 0) is 13.8 Å². The molecule has 0 aromatic carbocycles. The normalized spacial score (nSPS) is 14.9. The van der Waals surface area contributed by atoms with E-state index in [4.69, 9.17) is 5.73 Å². The van der Waals surface area contributed by atoms with Gasteiger partial charge in [-0.3, -0.25) is 4.79 Å². The summed E-state index contributed by atoms with van der Waals surface area (Å²) < 4.78 is 1.50. The SMILES string of the molecule is CNC(=O)C(C)n1cc(C(C)N)nn1. The van der Waals surface area contributed by atoms with Gasteiger partial charge in [-0.15, -0.1) is 5.10 Å². The standard InChI is InChI=1S/C8H15N5O/c1-5(9)7-4-13(12-11-7)6(2)8(14)10-3/h4-6H,9H2,1-3H3,(H,10,14). The number of carbonyl (C=O) groups excluding carboxylic acids is 1. The van der Waals surface area contributed by atoms with E-state index in [1.165, 1.54) is 4.68 Å². The summed E-state index contributed by atoms with van der Waals surface area (Å²) in [5, 5.41) is 10.2. The van der Waals surface area contributed by atoms with Gasteiger partial charge >= 0.3 is 0 Å². The second-order valence-corrected chi connectivity index (χ2v) is 3.20. The molecule has 1 aromatic rings. The highest BCUT2D eigenvalue weighted by Gasteiger charge is 2.15. The van der Waals surface area contributed by atoms with Crippen molar-refractivity contribution in [3.8, 4) is 0 Å². The van der Waals surface area contributed by atoms with E-state index in [2.05, 4.69) is 15.6 Å². The minimum absolute atomic E-state index is 0.105. The van der Waals surface area contributed by atoms with Crippen molar-refractivity contribution in [1.82, 2.24) is 20.3 Å². The Kier molecular flexibility index (Phi) is 3.19. The van der Waals surface area contributed by atoms with Crippen LogP contribution in [0.15, 0.2) is 6.20 Å².